The second kappa shape index (κ2) is 67.9. The van der Waals surface area contributed by atoms with Gasteiger partial charge in [0.15, 0.2) is 0 Å². The summed E-state index contributed by atoms with van der Waals surface area (Å²) in [6.45, 7) is 25.5. The fourth-order valence-corrected chi connectivity index (χ4v) is 20.5. The van der Waals surface area contributed by atoms with E-state index in [0.717, 1.165) is 141 Å². The van der Waals surface area contributed by atoms with Crippen LogP contribution in [0.5, 0.6) is 0 Å². The second-order valence-electron chi connectivity index (χ2n) is 44.1. The van der Waals surface area contributed by atoms with Crippen molar-refractivity contribution in [1.29, 1.82) is 0 Å². The number of unbranched alkanes of at least 4 members (excludes halogenated alkanes) is 9. The normalized spacial score (nSPS) is 30.0. The second-order valence-corrected chi connectivity index (χ2v) is 44.1. The van der Waals surface area contributed by atoms with Crippen LogP contribution in [0.3, 0.4) is 0 Å². The molecule has 7 aliphatic rings. The minimum Gasteiger partial charge on any atom is -0.460 e. The molecule has 3 heterocycles. The number of aliphatic hydroxyl groups excluding tert-OH is 2. The van der Waals surface area contributed by atoms with Gasteiger partial charge in [0.1, 0.15) is 97.8 Å². The Morgan fingerprint density at radius 2 is 0.658 bits per heavy atom. The van der Waals surface area contributed by atoms with Crippen LogP contribution in [0.1, 0.15) is 335 Å². The van der Waals surface area contributed by atoms with E-state index < -0.39 is 229 Å². The lowest BCUT2D eigenvalue weighted by Crippen LogP contribution is -2.62. The van der Waals surface area contributed by atoms with E-state index in [1.54, 1.807) is 41.9 Å². The van der Waals surface area contributed by atoms with Crippen molar-refractivity contribution < 1.29 is 111 Å². The zero-order chi connectivity index (χ0) is 111. The van der Waals surface area contributed by atoms with Gasteiger partial charge in [-0.3, -0.25) is 81.5 Å². The lowest BCUT2D eigenvalue weighted by atomic mass is 9.83. The largest absolute Gasteiger partial charge is 0.460 e. The molecule has 0 aromatic heterocycles. The Hall–Kier alpha value is -9.33. The fourth-order valence-electron chi connectivity index (χ4n) is 20.5. The van der Waals surface area contributed by atoms with Crippen molar-refractivity contribution >= 4 is 101 Å². The van der Waals surface area contributed by atoms with Gasteiger partial charge in [0.05, 0.1) is 55.4 Å². The molecule has 4 saturated carbocycles. The zero-order valence-electron chi connectivity index (χ0n) is 92.8. The van der Waals surface area contributed by atoms with Gasteiger partial charge in [-0.05, 0) is 159 Å². The molecule has 42 heteroatoms. The minimum absolute atomic E-state index is 0.00301. The number of ether oxygens (including phenoxy) is 4. The number of hydrogen-bond acceptors (Lipinski definition) is 27. The monoisotopic (exact) mass is 2110 g/mol. The van der Waals surface area contributed by atoms with Crippen molar-refractivity contribution in [2.45, 2.75) is 456 Å². The van der Waals surface area contributed by atoms with Crippen LogP contribution >= 0.6 is 0 Å². The molecule has 4 aliphatic carbocycles. The van der Waals surface area contributed by atoms with Gasteiger partial charge in [-0.25, -0.2) is 0 Å². The summed E-state index contributed by atoms with van der Waals surface area (Å²) in [4.78, 5) is 237. The number of carbonyl (C=O) groups excluding carboxylic acids is 17. The van der Waals surface area contributed by atoms with Crippen LogP contribution in [0, 0.1) is 53.3 Å². The van der Waals surface area contributed by atoms with Crippen molar-refractivity contribution in [3.05, 3.63) is 0 Å². The molecule has 3 aliphatic heterocycles. The Morgan fingerprint density at radius 3 is 0.973 bits per heavy atom. The van der Waals surface area contributed by atoms with Crippen LogP contribution in [0.2, 0.25) is 0 Å². The number of rotatable bonds is 32. The molecule has 0 bridgehead atoms. The first-order valence-electron chi connectivity index (χ1n) is 55.9. The molecular weight excluding hydrogens is 1920 g/mol. The number of amides is 15. The highest BCUT2D eigenvalue weighted by atomic mass is 16.6. The highest BCUT2D eigenvalue weighted by Gasteiger charge is 2.46. The van der Waals surface area contributed by atoms with Crippen LogP contribution in [0.25, 0.3) is 0 Å². The third kappa shape index (κ3) is 43.6. The first-order valence-corrected chi connectivity index (χ1v) is 55.9. The topological polar surface area (TPSA) is 626 Å². The number of likely N-dealkylation sites (N-methyl/N-ethyl adjacent to an activating group) is 3. The number of hydrogen-bond donors (Lipinski definition) is 18. The van der Waals surface area contributed by atoms with Crippen molar-refractivity contribution in [1.82, 2.24) is 78.5 Å². The maximum Gasteiger partial charge on any atom is 0.325 e. The van der Waals surface area contributed by atoms with E-state index in [9.17, 15) is 91.7 Å². The molecule has 0 aromatic carbocycles. The predicted octanol–water partition coefficient (Wildman–Crippen LogP) is 4.02. The van der Waals surface area contributed by atoms with E-state index >= 15 is 0 Å². The molecule has 0 spiro atoms. The highest BCUT2D eigenvalue weighted by molar-refractivity contribution is 6.00. The number of nitrogens with two attached hydrogens (primary N) is 4. The Labute approximate surface area is 884 Å². The van der Waals surface area contributed by atoms with Crippen molar-refractivity contribution in [2.24, 2.45) is 76.2 Å². The SMILES string of the molecule is CCCCCC[C@H]1OC(=O)CNC(=O)[C@H](COC2CC(N)C2)NC(=O)[C@H](CN)NC(=O)[C@H](C2CCCCC2)NC(=O)[C@H](CC(C)C)N(C)C(=O)[C@@H]1C.CCCCCC[C@H]1OC(=O)CNC(=O)[C@H]([C@H](C)O)NC(=O)[C@H](CN)NC(=O)[C@H](C2CCCCCC2)NC(=O)[C@H](CC(C)C)N(C)C(=O)[C@@H]1C.CCCCCC[C@H]1OC[C@@H](C)NC(=O)[C@H]([C@H](C)O)NC(=O)[C@H](CN)NC(=O)[C@H](C2CCCCC2)NC(=O)[C@H](CC(C)C)N(C)C(=O)[C@@H]1C. The number of carbonyl (C=O) groups is 17. The molecule has 15 amide bonds. The summed E-state index contributed by atoms with van der Waals surface area (Å²) in [6.07, 6.45) is 23.5. The van der Waals surface area contributed by atoms with E-state index in [1.807, 2.05) is 48.5 Å². The lowest BCUT2D eigenvalue weighted by molar-refractivity contribution is -0.158. The van der Waals surface area contributed by atoms with Crippen LogP contribution in [-0.4, -0.2) is 314 Å². The van der Waals surface area contributed by atoms with Crippen LogP contribution in [0.15, 0.2) is 0 Å². The Kier molecular flexibility index (Phi) is 59.3. The van der Waals surface area contributed by atoms with Crippen molar-refractivity contribution in [2.75, 3.05) is 67.1 Å². The number of cyclic esters (lactones) is 2. The third-order valence-electron chi connectivity index (χ3n) is 30.0. The molecular formula is C107H191N19O23. The molecule has 7 fully saturated rings. The number of nitrogens with one attached hydrogen (secondary N) is 12. The first-order chi connectivity index (χ1) is 70.7. The zero-order valence-corrected chi connectivity index (χ0v) is 92.8. The Balaban J connectivity index is 0.000000393. The van der Waals surface area contributed by atoms with Gasteiger partial charge in [0, 0.05) is 52.9 Å². The maximum atomic E-state index is 14.2. The summed E-state index contributed by atoms with van der Waals surface area (Å²) in [5.41, 5.74) is 23.7. The van der Waals surface area contributed by atoms with E-state index in [1.165, 1.54) is 28.5 Å². The standard InChI is InChI=1S/C37H65N7O8.C35H62N6O8.C35H64N6O7/c1-6-7-8-12-15-30-23(4)37(50)44(5)29(16-22(2)3)35(48)43-32(24-13-10-9-11-14-24)36(49)41-27(19-38)34(47)42-28(21-51-26-17-25(39)18-26)33(46)40-20-31(45)52-30;1-7-8-9-14-17-27-22(4)35(48)41(6)26(18-21(2)3)32(45)40-30(24-15-12-10-11-13-16-24)34(47)38-25(19-36)31(44)39-29(23(5)42)33(46)37-20-28(43)49-27;1-8-9-10-14-17-28-23(5)35(47)41(7)27(18-21(2)3)32(44)40-30(25-15-12-11-13-16-25)34(46)38-26(19-36)31(43)39-29(24(6)42)33(45)37-22(4)20-48-28/h22-30,32H,6-21,38-39H2,1-5H3,(H,40,46)(H,41,49)(H,42,47)(H,43,48);21-27,29-30,42H,7-20,36H2,1-6H3,(H,37,46)(H,38,47)(H,39,44)(H,40,45);21-30,42H,8-20,36H2,1-7H3,(H,37,45)(H,38,46)(H,39,43)(H,40,44)/t23-,25?,26?,27+,28+,29+,30-,32+;22-,23+,25+,26+,27-,29+,30+;22-,23-,24+,26+,27+,28-,29+,30+/m111/s1. The van der Waals surface area contributed by atoms with Gasteiger partial charge >= 0.3 is 11.9 Å². The highest BCUT2D eigenvalue weighted by Crippen LogP contribution is 2.34. The van der Waals surface area contributed by atoms with Gasteiger partial charge in [-0.15, -0.1) is 0 Å². The Bertz CT molecular complexity index is 4180. The summed E-state index contributed by atoms with van der Waals surface area (Å²) in [7, 11) is 4.75. The van der Waals surface area contributed by atoms with Gasteiger partial charge in [0.2, 0.25) is 88.6 Å². The number of aliphatic hydroxyl groups is 2. The summed E-state index contributed by atoms with van der Waals surface area (Å²) >= 11 is 0. The van der Waals surface area contributed by atoms with Crippen molar-refractivity contribution in [3.8, 4) is 0 Å². The summed E-state index contributed by atoms with van der Waals surface area (Å²) in [5.74, 6) is -12.7. The van der Waals surface area contributed by atoms with Gasteiger partial charge in [-0.1, -0.05) is 212 Å². The van der Waals surface area contributed by atoms with Crippen LogP contribution in [-0.2, 0) is 100 Å². The molecule has 22 N–H and O–H groups in total. The molecule has 149 heavy (non-hydrogen) atoms. The molecule has 7 rings (SSSR count). The summed E-state index contributed by atoms with van der Waals surface area (Å²) < 4.78 is 23.8. The first kappa shape index (κ1) is 130. The summed E-state index contributed by atoms with van der Waals surface area (Å²) in [6, 6.07) is -13.9. The van der Waals surface area contributed by atoms with Gasteiger partial charge in [0.25, 0.3) is 0 Å². The molecule has 42 nitrogen and oxygen atoms in total. The van der Waals surface area contributed by atoms with E-state index in [2.05, 4.69) is 84.6 Å². The van der Waals surface area contributed by atoms with E-state index in [0.29, 0.717) is 89.9 Å². The number of nitrogens with zero attached hydrogens (tertiary/aromatic N) is 3. The molecule has 3 saturated heterocycles. The fraction of sp³-hybridized carbons (Fsp3) is 0.841. The molecule has 0 radical (unpaired) electrons. The molecule has 852 valence electrons. The molecule has 0 unspecified atom stereocenters. The maximum absolute atomic E-state index is 14.2. The van der Waals surface area contributed by atoms with Crippen LogP contribution < -0.4 is 86.7 Å². The Morgan fingerprint density at radius 1 is 0.356 bits per heavy atom. The molecule has 0 aromatic rings. The van der Waals surface area contributed by atoms with Gasteiger partial charge < -0.3 is 131 Å². The van der Waals surface area contributed by atoms with Crippen molar-refractivity contribution in [3.63, 3.8) is 0 Å². The van der Waals surface area contributed by atoms with Gasteiger partial charge in [-0.2, -0.15) is 0 Å². The predicted molar refractivity (Wildman–Crippen MR) is 564 cm³/mol. The molecule has 21 atom stereocenters. The third-order valence-corrected chi connectivity index (χ3v) is 30.0. The van der Waals surface area contributed by atoms with E-state index in [4.69, 9.17) is 41.9 Å². The smallest absolute Gasteiger partial charge is 0.325 e. The van der Waals surface area contributed by atoms with Crippen LogP contribution in [0.4, 0.5) is 0 Å². The average Bonchev–Trinajstić information content (AvgIpc) is 1.54. The van der Waals surface area contributed by atoms with E-state index in [-0.39, 0.29) is 92.3 Å². The number of esters is 2. The summed E-state index contributed by atoms with van der Waals surface area (Å²) in [5, 5.41) is 53.1. The lowest BCUT2D eigenvalue weighted by Gasteiger charge is -2.36. The average molecular weight is 2110 g/mol. The quantitative estimate of drug-likeness (QED) is 0.0257. The minimum atomic E-state index is -1.47.